The van der Waals surface area contributed by atoms with Crippen molar-refractivity contribution >= 4 is 11.7 Å². The minimum atomic E-state index is -0.166. The second-order valence-corrected chi connectivity index (χ2v) is 5.54. The summed E-state index contributed by atoms with van der Waals surface area (Å²) in [4.78, 5) is 12.1. The van der Waals surface area contributed by atoms with Crippen LogP contribution in [-0.2, 0) is 0 Å². The normalized spacial score (nSPS) is 21.5. The second-order valence-electron chi connectivity index (χ2n) is 5.54. The van der Waals surface area contributed by atoms with Gasteiger partial charge in [0.15, 0.2) is 11.5 Å². The summed E-state index contributed by atoms with van der Waals surface area (Å²) >= 11 is 0. The number of methoxy groups -OCH3 is 2. The molecule has 2 amide bonds. The Hall–Kier alpha value is -1.91. The number of carbonyl (C=O) groups is 1. The molecule has 1 aromatic carbocycles. The van der Waals surface area contributed by atoms with Crippen molar-refractivity contribution in [1.82, 2.24) is 5.32 Å². The molecule has 0 spiro atoms. The molecule has 1 fully saturated rings. The Labute approximate surface area is 126 Å². The molecule has 0 radical (unpaired) electrons. The van der Waals surface area contributed by atoms with Gasteiger partial charge in [-0.2, -0.15) is 0 Å². The van der Waals surface area contributed by atoms with Crippen LogP contribution in [0.15, 0.2) is 18.2 Å². The standard InChI is InChI=1S/C16H24N2O3/c1-11-6-4-5-7-13(11)18-16(19)17-12-8-9-14(20-2)15(10-12)21-3/h8-11,13H,4-7H2,1-3H3,(H2,17,18,19)/t11-,13+/m0/s1. The molecule has 5 nitrogen and oxygen atoms in total. The first-order chi connectivity index (χ1) is 10.1. The number of hydrogen-bond acceptors (Lipinski definition) is 3. The quantitative estimate of drug-likeness (QED) is 0.894. The lowest BCUT2D eigenvalue weighted by Crippen LogP contribution is -2.43. The van der Waals surface area contributed by atoms with Crippen LogP contribution in [-0.4, -0.2) is 26.3 Å². The highest BCUT2D eigenvalue weighted by atomic mass is 16.5. The van der Waals surface area contributed by atoms with Crippen LogP contribution in [0.4, 0.5) is 10.5 Å². The van der Waals surface area contributed by atoms with Crippen LogP contribution in [0.25, 0.3) is 0 Å². The third-order valence-electron chi connectivity index (χ3n) is 4.07. The summed E-state index contributed by atoms with van der Waals surface area (Å²) in [6.45, 7) is 2.19. The fourth-order valence-electron chi connectivity index (χ4n) is 2.78. The summed E-state index contributed by atoms with van der Waals surface area (Å²) in [5.74, 6) is 1.78. The van der Waals surface area contributed by atoms with Gasteiger partial charge < -0.3 is 20.1 Å². The molecule has 0 heterocycles. The number of ether oxygens (including phenoxy) is 2. The Morgan fingerprint density at radius 1 is 1.14 bits per heavy atom. The van der Waals surface area contributed by atoms with Crippen molar-refractivity contribution in [2.45, 2.75) is 38.6 Å². The van der Waals surface area contributed by atoms with E-state index in [1.807, 2.05) is 0 Å². The van der Waals surface area contributed by atoms with E-state index < -0.39 is 0 Å². The molecule has 1 saturated carbocycles. The lowest BCUT2D eigenvalue weighted by atomic mass is 9.86. The zero-order chi connectivity index (χ0) is 15.2. The average Bonchev–Trinajstić information content (AvgIpc) is 2.49. The van der Waals surface area contributed by atoms with Crippen molar-refractivity contribution < 1.29 is 14.3 Å². The molecule has 116 valence electrons. The van der Waals surface area contributed by atoms with Gasteiger partial charge in [-0.15, -0.1) is 0 Å². The number of nitrogens with one attached hydrogen (secondary N) is 2. The van der Waals surface area contributed by atoms with Gasteiger partial charge in [-0.1, -0.05) is 19.8 Å². The molecule has 1 aromatic rings. The maximum Gasteiger partial charge on any atom is 0.319 e. The molecule has 2 atom stereocenters. The van der Waals surface area contributed by atoms with Crippen molar-refractivity contribution in [3.05, 3.63) is 18.2 Å². The van der Waals surface area contributed by atoms with Crippen molar-refractivity contribution in [3.8, 4) is 11.5 Å². The van der Waals surface area contributed by atoms with E-state index in [1.54, 1.807) is 32.4 Å². The van der Waals surface area contributed by atoms with Crippen LogP contribution in [0, 0.1) is 5.92 Å². The van der Waals surface area contributed by atoms with Gasteiger partial charge in [-0.3, -0.25) is 0 Å². The van der Waals surface area contributed by atoms with Gasteiger partial charge in [-0.25, -0.2) is 4.79 Å². The fraction of sp³-hybridized carbons (Fsp3) is 0.562. The topological polar surface area (TPSA) is 59.6 Å². The summed E-state index contributed by atoms with van der Waals surface area (Å²) < 4.78 is 10.4. The Balaban J connectivity index is 1.96. The molecule has 1 aliphatic carbocycles. The molecular formula is C16H24N2O3. The summed E-state index contributed by atoms with van der Waals surface area (Å²) in [6, 6.07) is 5.42. The Bertz CT molecular complexity index is 490. The van der Waals surface area contributed by atoms with Crippen molar-refractivity contribution in [2.24, 2.45) is 5.92 Å². The number of rotatable bonds is 4. The number of benzene rings is 1. The smallest absolute Gasteiger partial charge is 0.319 e. The van der Waals surface area contributed by atoms with Gasteiger partial charge >= 0.3 is 6.03 Å². The van der Waals surface area contributed by atoms with Crippen LogP contribution in [0.2, 0.25) is 0 Å². The average molecular weight is 292 g/mol. The van der Waals surface area contributed by atoms with E-state index in [0.717, 1.165) is 6.42 Å². The monoisotopic (exact) mass is 292 g/mol. The van der Waals surface area contributed by atoms with Gasteiger partial charge in [0.1, 0.15) is 0 Å². The first kappa shape index (κ1) is 15.5. The first-order valence-corrected chi connectivity index (χ1v) is 7.43. The molecule has 21 heavy (non-hydrogen) atoms. The largest absolute Gasteiger partial charge is 0.493 e. The zero-order valence-electron chi connectivity index (χ0n) is 12.9. The van der Waals surface area contributed by atoms with Crippen molar-refractivity contribution in [1.29, 1.82) is 0 Å². The van der Waals surface area contributed by atoms with E-state index >= 15 is 0 Å². The Morgan fingerprint density at radius 3 is 2.52 bits per heavy atom. The van der Waals surface area contributed by atoms with Gasteiger partial charge in [0.05, 0.1) is 14.2 Å². The predicted octanol–water partition coefficient (Wildman–Crippen LogP) is 3.40. The summed E-state index contributed by atoms with van der Waals surface area (Å²) in [7, 11) is 3.16. The van der Waals surface area contributed by atoms with E-state index in [-0.39, 0.29) is 12.1 Å². The third-order valence-corrected chi connectivity index (χ3v) is 4.07. The maximum atomic E-state index is 12.1. The van der Waals surface area contributed by atoms with Crippen molar-refractivity contribution in [3.63, 3.8) is 0 Å². The van der Waals surface area contributed by atoms with E-state index in [9.17, 15) is 4.79 Å². The summed E-state index contributed by atoms with van der Waals surface area (Å²) in [6.07, 6.45) is 4.68. The highest BCUT2D eigenvalue weighted by Crippen LogP contribution is 2.30. The Morgan fingerprint density at radius 2 is 1.86 bits per heavy atom. The minimum absolute atomic E-state index is 0.166. The Kier molecular flexibility index (Phi) is 5.31. The van der Waals surface area contributed by atoms with E-state index in [2.05, 4.69) is 17.6 Å². The molecule has 0 aliphatic heterocycles. The van der Waals surface area contributed by atoms with E-state index in [4.69, 9.17) is 9.47 Å². The highest BCUT2D eigenvalue weighted by molar-refractivity contribution is 5.89. The third kappa shape index (κ3) is 4.03. The molecule has 0 bridgehead atoms. The number of urea groups is 1. The SMILES string of the molecule is COc1ccc(NC(=O)N[C@@H]2CCCC[C@@H]2C)cc1OC. The molecule has 1 aliphatic rings. The van der Waals surface area contributed by atoms with E-state index in [0.29, 0.717) is 23.1 Å². The lowest BCUT2D eigenvalue weighted by molar-refractivity contribution is 0.232. The van der Waals surface area contributed by atoms with Gasteiger partial charge in [-0.05, 0) is 30.9 Å². The number of hydrogen-bond donors (Lipinski definition) is 2. The second kappa shape index (κ2) is 7.20. The fourth-order valence-corrected chi connectivity index (χ4v) is 2.78. The predicted molar refractivity (Wildman–Crippen MR) is 83.1 cm³/mol. The molecule has 0 unspecified atom stereocenters. The van der Waals surface area contributed by atoms with Crippen LogP contribution in [0.3, 0.4) is 0 Å². The molecular weight excluding hydrogens is 268 g/mol. The molecule has 0 saturated heterocycles. The lowest BCUT2D eigenvalue weighted by Gasteiger charge is -2.29. The van der Waals surface area contributed by atoms with Crippen LogP contribution >= 0.6 is 0 Å². The maximum absolute atomic E-state index is 12.1. The van der Waals surface area contributed by atoms with Crippen LogP contribution in [0.5, 0.6) is 11.5 Å². The highest BCUT2D eigenvalue weighted by Gasteiger charge is 2.22. The molecule has 2 N–H and O–H groups in total. The molecule has 0 aromatic heterocycles. The van der Waals surface area contributed by atoms with Crippen molar-refractivity contribution in [2.75, 3.05) is 19.5 Å². The van der Waals surface area contributed by atoms with Gasteiger partial charge in [0.25, 0.3) is 0 Å². The molecule has 2 rings (SSSR count). The summed E-state index contributed by atoms with van der Waals surface area (Å²) in [5, 5.41) is 5.91. The van der Waals surface area contributed by atoms with Gasteiger partial charge in [0.2, 0.25) is 0 Å². The van der Waals surface area contributed by atoms with Crippen LogP contribution in [0.1, 0.15) is 32.6 Å². The number of anilines is 1. The number of carbonyl (C=O) groups excluding carboxylic acids is 1. The minimum Gasteiger partial charge on any atom is -0.493 e. The molecule has 5 heteroatoms. The zero-order valence-corrected chi connectivity index (χ0v) is 12.9. The summed E-state index contributed by atoms with van der Waals surface area (Å²) in [5.41, 5.74) is 0.689. The van der Waals surface area contributed by atoms with E-state index in [1.165, 1.54) is 19.3 Å². The van der Waals surface area contributed by atoms with Gasteiger partial charge in [0, 0.05) is 17.8 Å². The first-order valence-electron chi connectivity index (χ1n) is 7.43. The van der Waals surface area contributed by atoms with Crippen LogP contribution < -0.4 is 20.1 Å². The number of amides is 2.